The summed E-state index contributed by atoms with van der Waals surface area (Å²) in [5.41, 5.74) is 7.83. The van der Waals surface area contributed by atoms with Crippen molar-refractivity contribution in [1.82, 2.24) is 9.55 Å². The van der Waals surface area contributed by atoms with Crippen molar-refractivity contribution < 1.29 is 12.8 Å². The lowest BCUT2D eigenvalue weighted by Gasteiger charge is -2.16. The van der Waals surface area contributed by atoms with Crippen molar-refractivity contribution in [2.75, 3.05) is 0 Å². The van der Waals surface area contributed by atoms with Gasteiger partial charge in [0.25, 0.3) is 0 Å². The number of imidazole rings is 1. The molecule has 0 spiro atoms. The number of hydrogen-bond acceptors (Lipinski definition) is 1. The molecule has 0 saturated heterocycles. The quantitative estimate of drug-likeness (QED) is 0.380. The Kier molecular flexibility index (Phi) is 2.44. The SMILES string of the molecule is [2H]C([2H])([2H])c1cn2c(n1)Cc1c-2cc(C([2H])([2H])[2H])c(C)c1-c1cc(C)c2c(C)cccc2[n+]1C. The van der Waals surface area contributed by atoms with Crippen LogP contribution in [-0.2, 0) is 13.5 Å². The van der Waals surface area contributed by atoms with Crippen LogP contribution in [0.2, 0.25) is 0 Å². The number of benzene rings is 2. The van der Waals surface area contributed by atoms with Crippen molar-refractivity contribution in [1.29, 1.82) is 0 Å². The van der Waals surface area contributed by atoms with Gasteiger partial charge in [0.2, 0.25) is 11.2 Å². The Balaban J connectivity index is 1.86. The molecule has 0 fully saturated rings. The summed E-state index contributed by atoms with van der Waals surface area (Å²) >= 11 is 0. The molecule has 5 rings (SSSR count). The molecule has 0 aliphatic carbocycles. The van der Waals surface area contributed by atoms with Gasteiger partial charge in [-0.15, -0.1) is 0 Å². The van der Waals surface area contributed by atoms with Gasteiger partial charge in [0.1, 0.15) is 12.9 Å². The van der Waals surface area contributed by atoms with Gasteiger partial charge in [-0.1, -0.05) is 12.1 Å². The minimum Gasteiger partial charge on any atom is -0.303 e. The maximum atomic E-state index is 8.19. The van der Waals surface area contributed by atoms with E-state index in [1.54, 1.807) is 10.6 Å². The highest BCUT2D eigenvalue weighted by molar-refractivity contribution is 5.86. The van der Waals surface area contributed by atoms with Gasteiger partial charge in [0.05, 0.1) is 22.3 Å². The van der Waals surface area contributed by atoms with E-state index in [0.717, 1.165) is 27.9 Å². The molecule has 1 aliphatic rings. The summed E-state index contributed by atoms with van der Waals surface area (Å²) in [6.07, 6.45) is 1.96. The average molecular weight is 375 g/mol. The van der Waals surface area contributed by atoms with Crippen LogP contribution in [0, 0.1) is 34.5 Å². The first-order chi connectivity index (χ1) is 15.8. The molecule has 2 aromatic carbocycles. The highest BCUT2D eigenvalue weighted by Crippen LogP contribution is 2.39. The number of nitrogens with zero attached hydrogens (tertiary/aromatic N) is 3. The zero-order valence-corrected chi connectivity index (χ0v) is 16.5. The van der Waals surface area contributed by atoms with E-state index >= 15 is 0 Å². The van der Waals surface area contributed by atoms with Gasteiger partial charge in [-0.2, -0.15) is 4.57 Å². The van der Waals surface area contributed by atoms with Crippen molar-refractivity contribution in [3.05, 3.63) is 75.9 Å². The lowest BCUT2D eigenvalue weighted by Crippen LogP contribution is -2.33. The third-order valence-electron chi connectivity index (χ3n) is 6.02. The van der Waals surface area contributed by atoms with Gasteiger partial charge >= 0.3 is 0 Å². The van der Waals surface area contributed by atoms with E-state index in [2.05, 4.69) is 41.6 Å². The monoisotopic (exact) mass is 374 g/mol. The highest BCUT2D eigenvalue weighted by Gasteiger charge is 2.29. The Morgan fingerprint density at radius 1 is 1.07 bits per heavy atom. The van der Waals surface area contributed by atoms with Crippen LogP contribution in [0.4, 0.5) is 0 Å². The Bertz CT molecular complexity index is 1490. The van der Waals surface area contributed by atoms with E-state index < -0.39 is 13.7 Å². The van der Waals surface area contributed by atoms with Gasteiger partial charge in [-0.25, -0.2) is 4.98 Å². The zero-order chi connectivity index (χ0) is 24.7. The minimum atomic E-state index is -2.32. The molecule has 3 nitrogen and oxygen atoms in total. The zero-order valence-electron chi connectivity index (χ0n) is 22.5. The van der Waals surface area contributed by atoms with Gasteiger partial charge in [-0.05, 0) is 68.4 Å². The molecule has 0 unspecified atom stereocenters. The number of rotatable bonds is 1. The van der Waals surface area contributed by atoms with E-state index in [9.17, 15) is 0 Å². The van der Waals surface area contributed by atoms with Gasteiger partial charge in [-0.3, -0.25) is 0 Å². The molecule has 0 amide bonds. The van der Waals surface area contributed by atoms with E-state index in [4.69, 9.17) is 8.22 Å². The fraction of sp³-hybridized carbons (Fsp3) is 0.280. The molecule has 0 N–H and O–H groups in total. The lowest BCUT2D eigenvalue weighted by molar-refractivity contribution is -0.633. The average Bonchev–Trinajstić information content (AvgIpc) is 3.28. The molecular weight excluding hydrogens is 342 g/mol. The Morgan fingerprint density at radius 3 is 2.71 bits per heavy atom. The van der Waals surface area contributed by atoms with Gasteiger partial charge in [0.15, 0.2) is 0 Å². The summed E-state index contributed by atoms with van der Waals surface area (Å²) in [6, 6.07) is 10.0. The third-order valence-corrected chi connectivity index (χ3v) is 6.02. The maximum Gasteiger partial charge on any atom is 0.213 e. The van der Waals surface area contributed by atoms with Crippen LogP contribution in [0.25, 0.3) is 27.8 Å². The van der Waals surface area contributed by atoms with Crippen LogP contribution in [0.15, 0.2) is 36.5 Å². The summed E-state index contributed by atoms with van der Waals surface area (Å²) in [5.74, 6) is 0.612. The molecule has 28 heavy (non-hydrogen) atoms. The molecule has 140 valence electrons. The van der Waals surface area contributed by atoms with E-state index in [0.29, 0.717) is 23.5 Å². The van der Waals surface area contributed by atoms with Crippen molar-refractivity contribution in [2.24, 2.45) is 7.05 Å². The maximum absolute atomic E-state index is 8.19. The second-order valence-electron chi connectivity index (χ2n) is 7.75. The number of aryl methyl sites for hydroxylation is 5. The second-order valence-corrected chi connectivity index (χ2v) is 7.75. The normalized spacial score (nSPS) is 16.6. The first-order valence-electron chi connectivity index (χ1n) is 12.4. The topological polar surface area (TPSA) is 21.7 Å². The standard InChI is InChI=1S/C25H26N3/c1-14-8-7-9-20-24(14)16(3)11-22(27(20)6)25-18(5)15(2)10-21-19(25)12-23-26-17(4)13-28(21)23/h7-11,13H,12H2,1-6H3/q+1/i2D3,4D3. The fourth-order valence-electron chi connectivity index (χ4n) is 4.66. The summed E-state index contributed by atoms with van der Waals surface area (Å²) < 4.78 is 51.6. The van der Waals surface area contributed by atoms with Crippen molar-refractivity contribution in [3.63, 3.8) is 0 Å². The van der Waals surface area contributed by atoms with E-state index in [1.807, 2.05) is 20.0 Å². The molecular formula is C25H26N3+. The number of hydrogen-bond donors (Lipinski definition) is 0. The molecule has 0 saturated carbocycles. The Labute approximate surface area is 174 Å². The van der Waals surface area contributed by atoms with Crippen molar-refractivity contribution in [2.45, 2.75) is 40.9 Å². The predicted octanol–water partition coefficient (Wildman–Crippen LogP) is 4.96. The molecule has 2 aromatic heterocycles. The largest absolute Gasteiger partial charge is 0.303 e. The first kappa shape index (κ1) is 11.8. The molecule has 0 radical (unpaired) electrons. The van der Waals surface area contributed by atoms with Gasteiger partial charge in [0, 0.05) is 33.0 Å². The van der Waals surface area contributed by atoms with E-state index in [-0.39, 0.29) is 11.3 Å². The van der Waals surface area contributed by atoms with Crippen LogP contribution in [0.1, 0.15) is 47.6 Å². The molecule has 0 atom stereocenters. The van der Waals surface area contributed by atoms with Crippen LogP contribution in [0.5, 0.6) is 0 Å². The molecule has 0 bridgehead atoms. The van der Waals surface area contributed by atoms with Crippen LogP contribution in [-0.4, -0.2) is 9.55 Å². The van der Waals surface area contributed by atoms with Gasteiger partial charge < -0.3 is 4.57 Å². The summed E-state index contributed by atoms with van der Waals surface area (Å²) in [7, 11) is 2.00. The molecule has 3 heterocycles. The smallest absolute Gasteiger partial charge is 0.213 e. The number of aromatic nitrogens is 3. The second kappa shape index (κ2) is 5.78. The van der Waals surface area contributed by atoms with Crippen LogP contribution < -0.4 is 4.57 Å². The number of pyridine rings is 1. The number of fused-ring (bicyclic) bond motifs is 4. The molecule has 1 aliphatic heterocycles. The highest BCUT2D eigenvalue weighted by atomic mass is 15.1. The summed E-state index contributed by atoms with van der Waals surface area (Å²) in [6.45, 7) is 1.40. The predicted molar refractivity (Wildman–Crippen MR) is 114 cm³/mol. The Morgan fingerprint density at radius 2 is 1.93 bits per heavy atom. The fourth-order valence-corrected chi connectivity index (χ4v) is 4.66. The minimum absolute atomic E-state index is 0.0216. The molecule has 3 heteroatoms. The third kappa shape index (κ3) is 2.22. The summed E-state index contributed by atoms with van der Waals surface area (Å²) in [4.78, 5) is 4.39. The van der Waals surface area contributed by atoms with Crippen molar-refractivity contribution in [3.8, 4) is 16.9 Å². The van der Waals surface area contributed by atoms with Crippen molar-refractivity contribution >= 4 is 10.9 Å². The summed E-state index contributed by atoms with van der Waals surface area (Å²) in [5, 5.41) is 1.19. The lowest BCUT2D eigenvalue weighted by atomic mass is 9.91. The first-order valence-corrected chi connectivity index (χ1v) is 9.44. The molecule has 4 aromatic rings. The van der Waals surface area contributed by atoms with E-state index in [1.165, 1.54) is 17.1 Å². The Hall–Kier alpha value is -2.94. The van der Waals surface area contributed by atoms with Crippen LogP contribution >= 0.6 is 0 Å². The van der Waals surface area contributed by atoms with Crippen LogP contribution in [0.3, 0.4) is 0 Å².